The Bertz CT molecular complexity index is 854. The fraction of sp³-hybridized carbons (Fsp3) is 0.0526. The summed E-state index contributed by atoms with van der Waals surface area (Å²) in [4.78, 5) is 23.4. The van der Waals surface area contributed by atoms with Crippen molar-refractivity contribution in [3.05, 3.63) is 77.4 Å². The summed E-state index contributed by atoms with van der Waals surface area (Å²) in [6, 6.07) is 14.3. The molecule has 0 aliphatic heterocycles. The zero-order valence-electron chi connectivity index (χ0n) is 11.3. The van der Waals surface area contributed by atoms with E-state index in [1.165, 1.54) is 40.5 Å². The van der Waals surface area contributed by atoms with Crippen LogP contribution in [0.4, 0.5) is 0 Å². The van der Waals surface area contributed by atoms with Crippen LogP contribution in [-0.4, -0.2) is 11.6 Å². The van der Waals surface area contributed by atoms with Gasteiger partial charge in [0.05, 0.1) is 0 Å². The first kappa shape index (κ1) is 12.0. The predicted molar refractivity (Wildman–Crippen MR) is 81.8 cm³/mol. The van der Waals surface area contributed by atoms with Crippen LogP contribution in [0, 0.1) is 0 Å². The minimum atomic E-state index is -0.131. The third-order valence-corrected chi connectivity index (χ3v) is 4.06. The second-order valence-corrected chi connectivity index (χ2v) is 5.36. The average Bonchev–Trinajstić information content (AvgIpc) is 2.87. The van der Waals surface area contributed by atoms with Crippen molar-refractivity contribution >= 4 is 17.1 Å². The number of hydrogen-bond donors (Lipinski definition) is 0. The number of carbonyl (C=O) groups is 2. The molecule has 21 heavy (non-hydrogen) atoms. The number of hydrogen-bond acceptors (Lipinski definition) is 2. The van der Waals surface area contributed by atoms with E-state index in [2.05, 4.69) is 12.1 Å². The Morgan fingerprint density at radius 1 is 0.810 bits per heavy atom. The van der Waals surface area contributed by atoms with Gasteiger partial charge in [-0.1, -0.05) is 42.5 Å². The van der Waals surface area contributed by atoms with E-state index in [0.717, 1.165) is 12.0 Å². The van der Waals surface area contributed by atoms with Crippen molar-refractivity contribution in [3.63, 3.8) is 0 Å². The van der Waals surface area contributed by atoms with Crippen molar-refractivity contribution in [2.75, 3.05) is 0 Å². The lowest BCUT2D eigenvalue weighted by atomic mass is 9.93. The van der Waals surface area contributed by atoms with Gasteiger partial charge < -0.3 is 0 Å². The van der Waals surface area contributed by atoms with Crippen LogP contribution in [0.5, 0.6) is 0 Å². The van der Waals surface area contributed by atoms with Crippen molar-refractivity contribution < 1.29 is 9.59 Å². The lowest BCUT2D eigenvalue weighted by Gasteiger charge is -2.09. The van der Waals surface area contributed by atoms with Gasteiger partial charge in [0.2, 0.25) is 0 Å². The molecule has 0 saturated carbocycles. The summed E-state index contributed by atoms with van der Waals surface area (Å²) in [5.41, 5.74) is 6.32. The topological polar surface area (TPSA) is 34.1 Å². The minimum Gasteiger partial charge on any atom is -0.290 e. The van der Waals surface area contributed by atoms with E-state index in [-0.39, 0.29) is 11.6 Å². The molecule has 2 nitrogen and oxygen atoms in total. The van der Waals surface area contributed by atoms with Gasteiger partial charge in [-0.2, -0.15) is 0 Å². The van der Waals surface area contributed by atoms with Crippen LogP contribution < -0.4 is 0 Å². The summed E-state index contributed by atoms with van der Waals surface area (Å²) in [7, 11) is 0. The van der Waals surface area contributed by atoms with E-state index >= 15 is 0 Å². The maximum Gasteiger partial charge on any atom is 0.186 e. The van der Waals surface area contributed by atoms with Gasteiger partial charge in [-0.3, -0.25) is 9.59 Å². The van der Waals surface area contributed by atoms with E-state index < -0.39 is 0 Å². The van der Waals surface area contributed by atoms with Crippen LogP contribution in [0.2, 0.25) is 0 Å². The van der Waals surface area contributed by atoms with E-state index in [1.807, 2.05) is 30.3 Å². The van der Waals surface area contributed by atoms with Crippen LogP contribution in [0.1, 0.15) is 16.7 Å². The summed E-state index contributed by atoms with van der Waals surface area (Å²) in [5, 5.41) is 0. The number of allylic oxidation sites excluding steroid dienone is 4. The van der Waals surface area contributed by atoms with Gasteiger partial charge in [0.1, 0.15) is 0 Å². The molecule has 0 heterocycles. The molecule has 0 atom stereocenters. The summed E-state index contributed by atoms with van der Waals surface area (Å²) < 4.78 is 0. The van der Waals surface area contributed by atoms with Crippen molar-refractivity contribution in [2.24, 2.45) is 0 Å². The average molecular weight is 272 g/mol. The van der Waals surface area contributed by atoms with Crippen molar-refractivity contribution in [1.82, 2.24) is 0 Å². The Hall–Kier alpha value is -2.74. The molecule has 100 valence electrons. The number of rotatable bonds is 1. The summed E-state index contributed by atoms with van der Waals surface area (Å²) in [6.45, 7) is 0. The zero-order valence-corrected chi connectivity index (χ0v) is 11.3. The van der Waals surface area contributed by atoms with Gasteiger partial charge in [0.15, 0.2) is 11.6 Å². The van der Waals surface area contributed by atoms with Crippen molar-refractivity contribution in [1.29, 1.82) is 0 Å². The molecule has 0 radical (unpaired) electrons. The van der Waals surface area contributed by atoms with Crippen LogP contribution in [0.3, 0.4) is 0 Å². The molecule has 0 N–H and O–H groups in total. The Morgan fingerprint density at radius 2 is 1.62 bits per heavy atom. The van der Waals surface area contributed by atoms with Crippen LogP contribution in [0.15, 0.2) is 60.7 Å². The third kappa shape index (κ3) is 1.88. The van der Waals surface area contributed by atoms with Gasteiger partial charge in [-0.25, -0.2) is 0 Å². The number of fused-ring (bicyclic) bond motifs is 3. The molecule has 0 amide bonds. The molecule has 2 aliphatic carbocycles. The normalized spacial score (nSPS) is 15.7. The largest absolute Gasteiger partial charge is 0.290 e. The van der Waals surface area contributed by atoms with Crippen molar-refractivity contribution in [3.8, 4) is 11.1 Å². The minimum absolute atomic E-state index is 0.106. The summed E-state index contributed by atoms with van der Waals surface area (Å²) >= 11 is 0. The SMILES string of the molecule is O=C1C=CC(=O)C(c2ccc3c(c2)Cc2ccccc2-3)=C1. The fourth-order valence-electron chi connectivity index (χ4n) is 3.05. The predicted octanol–water partition coefficient (Wildman–Crippen LogP) is 3.35. The zero-order chi connectivity index (χ0) is 14.4. The van der Waals surface area contributed by atoms with Crippen LogP contribution in [-0.2, 0) is 16.0 Å². The molecule has 0 aromatic heterocycles. The maximum atomic E-state index is 12.0. The van der Waals surface area contributed by atoms with Gasteiger partial charge in [-0.15, -0.1) is 0 Å². The highest BCUT2D eigenvalue weighted by Crippen LogP contribution is 2.37. The first-order chi connectivity index (χ1) is 10.2. The molecule has 2 heteroatoms. The van der Waals surface area contributed by atoms with Gasteiger partial charge in [-0.05, 0) is 52.5 Å². The van der Waals surface area contributed by atoms with Crippen LogP contribution in [0.25, 0.3) is 16.7 Å². The van der Waals surface area contributed by atoms with Gasteiger partial charge >= 0.3 is 0 Å². The molecule has 0 unspecified atom stereocenters. The maximum absolute atomic E-state index is 12.0. The van der Waals surface area contributed by atoms with Gasteiger partial charge in [0.25, 0.3) is 0 Å². The summed E-state index contributed by atoms with van der Waals surface area (Å²) in [5.74, 6) is -0.238. The molecule has 2 aromatic carbocycles. The quantitative estimate of drug-likeness (QED) is 0.637. The standard InChI is InChI=1S/C19H12O2/c20-15-6-8-19(21)18(11-15)13-5-7-17-14(10-13)9-12-3-1-2-4-16(12)17/h1-8,10-11H,9H2. The Labute approximate surface area is 122 Å². The molecular weight excluding hydrogens is 260 g/mol. The second-order valence-electron chi connectivity index (χ2n) is 5.36. The highest BCUT2D eigenvalue weighted by molar-refractivity contribution is 6.33. The monoisotopic (exact) mass is 272 g/mol. The lowest BCUT2D eigenvalue weighted by Crippen LogP contribution is -2.06. The summed E-state index contributed by atoms with van der Waals surface area (Å²) in [6.07, 6.45) is 4.96. The molecule has 0 spiro atoms. The Balaban J connectivity index is 1.81. The van der Waals surface area contributed by atoms with Gasteiger partial charge in [0, 0.05) is 5.57 Å². The first-order valence-electron chi connectivity index (χ1n) is 6.92. The number of ketones is 2. The van der Waals surface area contributed by atoms with E-state index in [4.69, 9.17) is 0 Å². The highest BCUT2D eigenvalue weighted by atomic mass is 16.1. The number of benzene rings is 2. The molecule has 0 fully saturated rings. The first-order valence-corrected chi connectivity index (χ1v) is 6.92. The molecule has 4 rings (SSSR count). The number of carbonyl (C=O) groups excluding carboxylic acids is 2. The lowest BCUT2D eigenvalue weighted by molar-refractivity contribution is -0.113. The Kier molecular flexibility index (Phi) is 2.51. The second kappa shape index (κ2) is 4.38. The van der Waals surface area contributed by atoms with Crippen LogP contribution >= 0.6 is 0 Å². The van der Waals surface area contributed by atoms with E-state index in [9.17, 15) is 9.59 Å². The molecule has 2 aromatic rings. The fourth-order valence-corrected chi connectivity index (χ4v) is 3.05. The van der Waals surface area contributed by atoms with Crippen molar-refractivity contribution in [2.45, 2.75) is 6.42 Å². The molecule has 2 aliphatic rings. The van der Waals surface area contributed by atoms with E-state index in [0.29, 0.717) is 5.57 Å². The molecule has 0 bridgehead atoms. The molecule has 0 saturated heterocycles. The molecular formula is C19H12O2. The smallest absolute Gasteiger partial charge is 0.186 e. The highest BCUT2D eigenvalue weighted by Gasteiger charge is 2.21. The Morgan fingerprint density at radius 3 is 2.52 bits per heavy atom. The van der Waals surface area contributed by atoms with E-state index in [1.54, 1.807) is 0 Å². The third-order valence-electron chi connectivity index (χ3n) is 4.06.